The summed E-state index contributed by atoms with van der Waals surface area (Å²) in [6.45, 7) is 13.1. The molecule has 0 radical (unpaired) electrons. The van der Waals surface area contributed by atoms with Gasteiger partial charge in [-0.25, -0.2) is 4.42 Å². The first kappa shape index (κ1) is 18.3. The van der Waals surface area contributed by atoms with E-state index in [0.717, 1.165) is 28.4 Å². The van der Waals surface area contributed by atoms with Gasteiger partial charge in [0.15, 0.2) is 0 Å². The summed E-state index contributed by atoms with van der Waals surface area (Å²) in [5, 5.41) is 0. The lowest BCUT2D eigenvalue weighted by atomic mass is 9.88. The van der Waals surface area contributed by atoms with Gasteiger partial charge in [0.25, 0.3) is 0 Å². The molecule has 0 aliphatic rings. The minimum absolute atomic E-state index is 0.0238. The molecular weight excluding hydrogens is 296 g/mol. The van der Waals surface area contributed by atoms with Crippen molar-refractivity contribution in [2.45, 2.75) is 52.4 Å². The average Bonchev–Trinajstić information content (AvgIpc) is 2.51. The molecule has 24 heavy (non-hydrogen) atoms. The van der Waals surface area contributed by atoms with Crippen molar-refractivity contribution in [1.82, 2.24) is 0 Å². The molecule has 0 unspecified atom stereocenters. The lowest BCUT2D eigenvalue weighted by Gasteiger charge is -2.14. The normalized spacial score (nSPS) is 12.6. The maximum absolute atomic E-state index is 6.18. The SMILES string of the molecule is COc1ccc(/C=C/c2cc(C(C)(C)C)[o+]c(C(C)(C)C)c2)cc1. The maximum atomic E-state index is 6.18. The van der Waals surface area contributed by atoms with Gasteiger partial charge >= 0.3 is 11.5 Å². The van der Waals surface area contributed by atoms with Gasteiger partial charge in [0, 0.05) is 12.1 Å². The van der Waals surface area contributed by atoms with Crippen LogP contribution in [0.2, 0.25) is 0 Å². The summed E-state index contributed by atoms with van der Waals surface area (Å²) >= 11 is 0. The molecule has 0 aliphatic heterocycles. The number of methoxy groups -OCH3 is 1. The molecule has 0 fully saturated rings. The molecule has 0 saturated carbocycles. The fourth-order valence-corrected chi connectivity index (χ4v) is 2.26. The third-order valence-corrected chi connectivity index (χ3v) is 3.88. The maximum Gasteiger partial charge on any atom is 0.335 e. The van der Waals surface area contributed by atoms with E-state index < -0.39 is 0 Å². The molecule has 2 rings (SSSR count). The average molecular weight is 325 g/mol. The van der Waals surface area contributed by atoms with Gasteiger partial charge in [-0.05, 0) is 64.8 Å². The molecule has 0 saturated heterocycles. The van der Waals surface area contributed by atoms with Gasteiger partial charge < -0.3 is 4.74 Å². The van der Waals surface area contributed by atoms with E-state index in [4.69, 9.17) is 9.15 Å². The van der Waals surface area contributed by atoms with Crippen LogP contribution in [0.4, 0.5) is 0 Å². The van der Waals surface area contributed by atoms with Gasteiger partial charge in [-0.2, -0.15) is 0 Å². The Kier molecular flexibility index (Phi) is 5.17. The van der Waals surface area contributed by atoms with E-state index >= 15 is 0 Å². The van der Waals surface area contributed by atoms with Crippen molar-refractivity contribution in [3.63, 3.8) is 0 Å². The third-order valence-electron chi connectivity index (χ3n) is 3.88. The zero-order valence-electron chi connectivity index (χ0n) is 15.9. The van der Waals surface area contributed by atoms with Crippen molar-refractivity contribution in [2.75, 3.05) is 7.11 Å². The van der Waals surface area contributed by atoms with Crippen LogP contribution in [0.3, 0.4) is 0 Å². The van der Waals surface area contributed by atoms with E-state index in [-0.39, 0.29) is 10.8 Å². The van der Waals surface area contributed by atoms with Crippen LogP contribution >= 0.6 is 0 Å². The second-order valence-corrected chi connectivity index (χ2v) is 8.23. The highest BCUT2D eigenvalue weighted by atomic mass is 16.5. The third kappa shape index (κ3) is 4.70. The Bertz CT molecular complexity index is 679. The van der Waals surface area contributed by atoms with Crippen molar-refractivity contribution in [3.8, 4) is 5.75 Å². The van der Waals surface area contributed by atoms with E-state index in [1.54, 1.807) is 7.11 Å². The number of rotatable bonds is 3. The molecule has 0 atom stereocenters. The van der Waals surface area contributed by atoms with Crippen LogP contribution in [0.5, 0.6) is 5.75 Å². The molecule has 2 nitrogen and oxygen atoms in total. The highest BCUT2D eigenvalue weighted by Gasteiger charge is 2.33. The molecule has 0 spiro atoms. The minimum atomic E-state index is -0.0238. The smallest absolute Gasteiger partial charge is 0.335 e. The van der Waals surface area contributed by atoms with E-state index in [0.29, 0.717) is 0 Å². The Morgan fingerprint density at radius 2 is 1.21 bits per heavy atom. The van der Waals surface area contributed by atoms with Crippen LogP contribution in [0.15, 0.2) is 40.8 Å². The van der Waals surface area contributed by atoms with Crippen molar-refractivity contribution < 1.29 is 9.15 Å². The summed E-state index contributed by atoms with van der Waals surface area (Å²) in [6, 6.07) is 12.3. The molecule has 0 amide bonds. The van der Waals surface area contributed by atoms with Crippen LogP contribution < -0.4 is 4.74 Å². The monoisotopic (exact) mass is 325 g/mol. The Balaban J connectivity index is 2.39. The number of hydrogen-bond acceptors (Lipinski definition) is 1. The summed E-state index contributed by atoms with van der Waals surface area (Å²) in [5.41, 5.74) is 2.26. The van der Waals surface area contributed by atoms with E-state index in [1.807, 2.05) is 12.1 Å². The Morgan fingerprint density at radius 3 is 1.62 bits per heavy atom. The first-order chi connectivity index (χ1) is 11.1. The van der Waals surface area contributed by atoms with Gasteiger partial charge in [-0.3, -0.25) is 0 Å². The lowest BCUT2D eigenvalue weighted by Crippen LogP contribution is -2.16. The van der Waals surface area contributed by atoms with Crippen LogP contribution in [-0.4, -0.2) is 7.11 Å². The van der Waals surface area contributed by atoms with E-state index in [1.165, 1.54) is 0 Å². The fourth-order valence-electron chi connectivity index (χ4n) is 2.26. The Morgan fingerprint density at radius 1 is 0.750 bits per heavy atom. The summed E-state index contributed by atoms with van der Waals surface area (Å²) in [4.78, 5) is 0. The summed E-state index contributed by atoms with van der Waals surface area (Å²) in [5.74, 6) is 2.88. The van der Waals surface area contributed by atoms with Crippen molar-refractivity contribution in [2.24, 2.45) is 0 Å². The van der Waals surface area contributed by atoms with Gasteiger partial charge in [-0.15, -0.1) is 0 Å². The first-order valence-corrected chi connectivity index (χ1v) is 8.41. The van der Waals surface area contributed by atoms with Gasteiger partial charge in [0.1, 0.15) is 5.75 Å². The highest BCUT2D eigenvalue weighted by molar-refractivity contribution is 5.70. The quantitative estimate of drug-likeness (QED) is 0.614. The van der Waals surface area contributed by atoms with Crippen molar-refractivity contribution >= 4 is 12.2 Å². The lowest BCUT2D eigenvalue weighted by molar-refractivity contribution is 0.328. The van der Waals surface area contributed by atoms with Crippen LogP contribution in [-0.2, 0) is 10.8 Å². The zero-order valence-corrected chi connectivity index (χ0v) is 15.9. The van der Waals surface area contributed by atoms with Crippen LogP contribution in [0.25, 0.3) is 12.2 Å². The molecule has 1 heterocycles. The number of hydrogen-bond donors (Lipinski definition) is 0. The van der Waals surface area contributed by atoms with Crippen LogP contribution in [0.1, 0.15) is 64.2 Å². The second-order valence-electron chi connectivity index (χ2n) is 8.23. The predicted molar refractivity (Wildman–Crippen MR) is 102 cm³/mol. The molecular formula is C22H29O2+. The molecule has 2 heteroatoms. The molecule has 0 aliphatic carbocycles. The summed E-state index contributed by atoms with van der Waals surface area (Å²) < 4.78 is 11.4. The summed E-state index contributed by atoms with van der Waals surface area (Å²) in [6.07, 6.45) is 4.26. The topological polar surface area (TPSA) is 20.5 Å². The molecule has 128 valence electrons. The zero-order chi connectivity index (χ0) is 18.0. The Hall–Kier alpha value is -2.09. The number of benzene rings is 1. The van der Waals surface area contributed by atoms with Crippen molar-refractivity contribution in [3.05, 3.63) is 59.0 Å². The second kappa shape index (κ2) is 6.80. The standard InChI is InChI=1S/C22H29O2/c1-21(2,3)19-14-17(15-20(24-19)22(4,5)6)9-8-16-10-12-18(23-7)13-11-16/h8-15H,1-7H3/q+1/b9-8+. The molecule has 1 aromatic heterocycles. The Labute approximate surface area is 146 Å². The van der Waals surface area contributed by atoms with Gasteiger partial charge in [-0.1, -0.05) is 24.3 Å². The highest BCUT2D eigenvalue weighted by Crippen LogP contribution is 2.31. The minimum Gasteiger partial charge on any atom is -0.497 e. The largest absolute Gasteiger partial charge is 0.497 e. The van der Waals surface area contributed by atoms with Crippen molar-refractivity contribution in [1.29, 1.82) is 0 Å². The van der Waals surface area contributed by atoms with Crippen LogP contribution in [0, 0.1) is 0 Å². The number of ether oxygens (including phenoxy) is 1. The van der Waals surface area contributed by atoms with Gasteiger partial charge in [0.05, 0.1) is 17.9 Å². The molecule has 0 bridgehead atoms. The van der Waals surface area contributed by atoms with E-state index in [9.17, 15) is 0 Å². The summed E-state index contributed by atoms with van der Waals surface area (Å²) in [7, 11) is 1.68. The molecule has 2 aromatic rings. The fraction of sp³-hybridized carbons (Fsp3) is 0.409. The van der Waals surface area contributed by atoms with Gasteiger partial charge in [0.2, 0.25) is 0 Å². The first-order valence-electron chi connectivity index (χ1n) is 8.41. The molecule has 1 aromatic carbocycles. The molecule has 0 N–H and O–H groups in total. The van der Waals surface area contributed by atoms with E-state index in [2.05, 4.69) is 78.0 Å². The predicted octanol–water partition coefficient (Wildman–Crippen LogP) is 6.33.